The lowest BCUT2D eigenvalue weighted by Gasteiger charge is -2.10. The minimum absolute atomic E-state index is 0.104. The van der Waals surface area contributed by atoms with E-state index in [9.17, 15) is 4.39 Å². The van der Waals surface area contributed by atoms with E-state index in [4.69, 9.17) is 23.2 Å². The molecule has 0 spiro atoms. The molecule has 0 saturated heterocycles. The standard InChI is InChI=1S/C16H19Cl2FN2/c1-4-13-15(10(3)17)14(5-2)21(20-13)9-11-7-6-8-12(18)16(11)19/h6-8,10H,4-5,9H2,1-3H3. The Labute approximate surface area is 134 Å². The van der Waals surface area contributed by atoms with E-state index in [1.54, 1.807) is 18.2 Å². The fourth-order valence-electron chi connectivity index (χ4n) is 2.62. The SMILES string of the molecule is CCc1nn(Cc2cccc(Cl)c2F)c(CC)c1C(C)Cl. The van der Waals surface area contributed by atoms with Gasteiger partial charge in [0.2, 0.25) is 0 Å². The summed E-state index contributed by atoms with van der Waals surface area (Å²) in [5.74, 6) is -0.379. The molecular weight excluding hydrogens is 310 g/mol. The third-order valence-corrected chi connectivity index (χ3v) is 4.10. The zero-order chi connectivity index (χ0) is 15.6. The van der Waals surface area contributed by atoms with Crippen molar-refractivity contribution in [3.05, 3.63) is 51.6 Å². The van der Waals surface area contributed by atoms with Crippen LogP contribution in [-0.4, -0.2) is 9.78 Å². The lowest BCUT2D eigenvalue weighted by atomic mass is 10.1. The number of benzene rings is 1. The van der Waals surface area contributed by atoms with Crippen LogP contribution in [0.2, 0.25) is 5.02 Å². The van der Waals surface area contributed by atoms with Crippen LogP contribution in [0.1, 0.15) is 48.7 Å². The Kier molecular flexibility index (Phi) is 5.28. The van der Waals surface area contributed by atoms with E-state index >= 15 is 0 Å². The highest BCUT2D eigenvalue weighted by Crippen LogP contribution is 2.29. The Hall–Kier alpha value is -1.06. The lowest BCUT2D eigenvalue weighted by molar-refractivity contribution is 0.573. The summed E-state index contributed by atoms with van der Waals surface area (Å²) in [5, 5.41) is 4.64. The van der Waals surface area contributed by atoms with Gasteiger partial charge in [-0.05, 0) is 25.8 Å². The Balaban J connectivity index is 2.47. The van der Waals surface area contributed by atoms with Gasteiger partial charge in [0, 0.05) is 16.8 Å². The van der Waals surface area contributed by atoms with Crippen LogP contribution >= 0.6 is 23.2 Å². The van der Waals surface area contributed by atoms with Crippen LogP contribution in [0.4, 0.5) is 4.39 Å². The molecule has 1 unspecified atom stereocenters. The van der Waals surface area contributed by atoms with Crippen LogP contribution in [0.5, 0.6) is 0 Å². The molecule has 0 fully saturated rings. The number of hydrogen-bond acceptors (Lipinski definition) is 1. The van der Waals surface area contributed by atoms with E-state index in [1.807, 2.05) is 11.6 Å². The molecule has 114 valence electrons. The highest BCUT2D eigenvalue weighted by atomic mass is 35.5. The second kappa shape index (κ2) is 6.80. The molecule has 0 saturated carbocycles. The number of rotatable bonds is 5. The fourth-order valence-corrected chi connectivity index (χ4v) is 3.07. The molecular formula is C16H19Cl2FN2. The summed E-state index contributed by atoms with van der Waals surface area (Å²) in [7, 11) is 0. The van der Waals surface area contributed by atoms with Crippen LogP contribution < -0.4 is 0 Å². The van der Waals surface area contributed by atoms with Crippen LogP contribution in [0, 0.1) is 5.82 Å². The number of alkyl halides is 1. The van der Waals surface area contributed by atoms with Gasteiger partial charge in [-0.25, -0.2) is 4.39 Å². The molecule has 0 amide bonds. The van der Waals surface area contributed by atoms with E-state index in [0.29, 0.717) is 12.1 Å². The van der Waals surface area contributed by atoms with Crippen molar-refractivity contribution in [3.63, 3.8) is 0 Å². The van der Waals surface area contributed by atoms with Gasteiger partial charge in [-0.15, -0.1) is 11.6 Å². The summed E-state index contributed by atoms with van der Waals surface area (Å²) < 4.78 is 15.9. The zero-order valence-electron chi connectivity index (χ0n) is 12.5. The maximum Gasteiger partial charge on any atom is 0.146 e. The molecule has 1 heterocycles. The predicted octanol–water partition coefficient (Wildman–Crippen LogP) is 5.15. The normalized spacial score (nSPS) is 12.7. The first-order valence-electron chi connectivity index (χ1n) is 7.14. The molecule has 21 heavy (non-hydrogen) atoms. The van der Waals surface area contributed by atoms with Crippen molar-refractivity contribution in [1.29, 1.82) is 0 Å². The first-order valence-corrected chi connectivity index (χ1v) is 7.96. The molecule has 0 bridgehead atoms. The number of aryl methyl sites for hydroxylation is 1. The van der Waals surface area contributed by atoms with Crippen molar-refractivity contribution >= 4 is 23.2 Å². The van der Waals surface area contributed by atoms with Gasteiger partial charge in [0.05, 0.1) is 22.6 Å². The minimum atomic E-state index is -0.379. The highest BCUT2D eigenvalue weighted by molar-refractivity contribution is 6.30. The quantitative estimate of drug-likeness (QED) is 0.694. The van der Waals surface area contributed by atoms with Gasteiger partial charge in [0.25, 0.3) is 0 Å². The second-order valence-corrected chi connectivity index (χ2v) is 6.06. The minimum Gasteiger partial charge on any atom is -0.264 e. The van der Waals surface area contributed by atoms with E-state index in [0.717, 1.165) is 29.8 Å². The molecule has 0 aliphatic heterocycles. The number of aromatic nitrogens is 2. The van der Waals surface area contributed by atoms with Crippen LogP contribution in [-0.2, 0) is 19.4 Å². The average molecular weight is 329 g/mol. The predicted molar refractivity (Wildman–Crippen MR) is 85.8 cm³/mol. The van der Waals surface area contributed by atoms with Gasteiger partial charge in [0.15, 0.2) is 0 Å². The summed E-state index contributed by atoms with van der Waals surface area (Å²) in [6.07, 6.45) is 1.62. The van der Waals surface area contributed by atoms with Gasteiger partial charge >= 0.3 is 0 Å². The number of halogens is 3. The van der Waals surface area contributed by atoms with E-state index < -0.39 is 0 Å². The summed E-state index contributed by atoms with van der Waals surface area (Å²) >= 11 is 12.1. The van der Waals surface area contributed by atoms with Gasteiger partial charge in [-0.1, -0.05) is 37.6 Å². The third-order valence-electron chi connectivity index (χ3n) is 3.59. The molecule has 2 nitrogen and oxygen atoms in total. The van der Waals surface area contributed by atoms with Crippen molar-refractivity contribution in [2.75, 3.05) is 0 Å². The Morgan fingerprint density at radius 2 is 2.00 bits per heavy atom. The first kappa shape index (κ1) is 16.3. The monoisotopic (exact) mass is 328 g/mol. The maximum atomic E-state index is 14.1. The molecule has 1 aromatic carbocycles. The Bertz CT molecular complexity index is 635. The van der Waals surface area contributed by atoms with Gasteiger partial charge in [0.1, 0.15) is 5.82 Å². The largest absolute Gasteiger partial charge is 0.264 e. The summed E-state index contributed by atoms with van der Waals surface area (Å²) in [6.45, 7) is 6.42. The maximum absolute atomic E-state index is 14.1. The summed E-state index contributed by atoms with van der Waals surface area (Å²) in [6, 6.07) is 5.04. The van der Waals surface area contributed by atoms with E-state index in [2.05, 4.69) is 18.9 Å². The summed E-state index contributed by atoms with van der Waals surface area (Å²) in [4.78, 5) is 0. The lowest BCUT2D eigenvalue weighted by Crippen LogP contribution is -2.08. The van der Waals surface area contributed by atoms with E-state index in [1.165, 1.54) is 0 Å². The molecule has 2 rings (SSSR count). The van der Waals surface area contributed by atoms with Crippen molar-refractivity contribution in [1.82, 2.24) is 9.78 Å². The number of hydrogen-bond donors (Lipinski definition) is 0. The second-order valence-electron chi connectivity index (χ2n) is 5.00. The molecule has 0 aliphatic carbocycles. The van der Waals surface area contributed by atoms with E-state index in [-0.39, 0.29) is 16.2 Å². The molecule has 0 aliphatic rings. The first-order chi connectivity index (χ1) is 9.99. The molecule has 5 heteroatoms. The fraction of sp³-hybridized carbons (Fsp3) is 0.438. The van der Waals surface area contributed by atoms with Gasteiger partial charge < -0.3 is 0 Å². The molecule has 1 atom stereocenters. The van der Waals surface area contributed by atoms with Crippen molar-refractivity contribution in [3.8, 4) is 0 Å². The summed E-state index contributed by atoms with van der Waals surface area (Å²) in [5.41, 5.74) is 3.66. The van der Waals surface area contributed by atoms with Crippen molar-refractivity contribution in [2.24, 2.45) is 0 Å². The van der Waals surface area contributed by atoms with Crippen LogP contribution in [0.15, 0.2) is 18.2 Å². The van der Waals surface area contributed by atoms with Crippen LogP contribution in [0.3, 0.4) is 0 Å². The van der Waals surface area contributed by atoms with Gasteiger partial charge in [-0.2, -0.15) is 5.10 Å². The average Bonchev–Trinajstić information content (AvgIpc) is 2.81. The topological polar surface area (TPSA) is 17.8 Å². The molecule has 1 aromatic heterocycles. The molecule has 0 radical (unpaired) electrons. The smallest absolute Gasteiger partial charge is 0.146 e. The van der Waals surface area contributed by atoms with Crippen molar-refractivity contribution < 1.29 is 4.39 Å². The molecule has 2 aromatic rings. The van der Waals surface area contributed by atoms with Gasteiger partial charge in [-0.3, -0.25) is 4.68 Å². The Morgan fingerprint density at radius 3 is 2.57 bits per heavy atom. The molecule has 0 N–H and O–H groups in total. The number of nitrogens with zero attached hydrogens (tertiary/aromatic N) is 2. The van der Waals surface area contributed by atoms with Crippen LogP contribution in [0.25, 0.3) is 0 Å². The van der Waals surface area contributed by atoms with Crippen molar-refractivity contribution in [2.45, 2.75) is 45.5 Å². The highest BCUT2D eigenvalue weighted by Gasteiger charge is 2.20. The third kappa shape index (κ3) is 3.24. The Morgan fingerprint density at radius 1 is 1.29 bits per heavy atom. The zero-order valence-corrected chi connectivity index (χ0v) is 14.0.